The van der Waals surface area contributed by atoms with Gasteiger partial charge in [-0.3, -0.25) is 4.79 Å². The molecule has 1 N–H and O–H groups in total. The van der Waals surface area contributed by atoms with E-state index < -0.39 is 0 Å². The molecule has 0 radical (unpaired) electrons. The fourth-order valence-corrected chi connectivity index (χ4v) is 3.70. The van der Waals surface area contributed by atoms with Crippen molar-refractivity contribution in [1.82, 2.24) is 0 Å². The van der Waals surface area contributed by atoms with Crippen molar-refractivity contribution < 1.29 is 24.1 Å². The van der Waals surface area contributed by atoms with Crippen molar-refractivity contribution in [3.63, 3.8) is 0 Å². The summed E-state index contributed by atoms with van der Waals surface area (Å²) in [5.74, 6) is 1.70. The number of Topliss-reactive ketones (excluding diaryl/α,β-unsaturated/α-hetero) is 1. The number of carbonyl (C=O) groups is 1. The molecule has 0 aliphatic carbocycles. The number of aliphatic hydroxyl groups excluding tert-OH is 1. The van der Waals surface area contributed by atoms with Gasteiger partial charge in [-0.05, 0) is 62.9 Å². The summed E-state index contributed by atoms with van der Waals surface area (Å²) >= 11 is 0. The predicted molar refractivity (Wildman–Crippen MR) is 112 cm³/mol. The summed E-state index contributed by atoms with van der Waals surface area (Å²) in [7, 11) is 1.57. The first kappa shape index (κ1) is 21.2. The number of ether oxygens (including phenoxy) is 3. The normalized spacial score (nSPS) is 14.7. The summed E-state index contributed by atoms with van der Waals surface area (Å²) in [4.78, 5) is 12.8. The average molecular weight is 398 g/mol. The number of hydrogen-bond donors (Lipinski definition) is 1. The highest BCUT2D eigenvalue weighted by Gasteiger charge is 2.30. The van der Waals surface area contributed by atoms with Gasteiger partial charge in [-0.15, -0.1) is 0 Å². The van der Waals surface area contributed by atoms with E-state index in [1.165, 1.54) is 0 Å². The number of benzene rings is 2. The molecule has 0 saturated heterocycles. The molecule has 5 nitrogen and oxygen atoms in total. The third-order valence-corrected chi connectivity index (χ3v) is 5.29. The van der Waals surface area contributed by atoms with Gasteiger partial charge in [-0.25, -0.2) is 0 Å². The van der Waals surface area contributed by atoms with Crippen molar-refractivity contribution in [1.29, 1.82) is 0 Å². The number of ketones is 1. The second kappa shape index (κ2) is 8.87. The number of carbonyl (C=O) groups excluding carboxylic acids is 1. The molecule has 0 fully saturated rings. The summed E-state index contributed by atoms with van der Waals surface area (Å²) in [6.07, 6.45) is 3.58. The average Bonchev–Trinajstić information content (AvgIpc) is 2.70. The van der Waals surface area contributed by atoms with Crippen molar-refractivity contribution >= 4 is 5.78 Å². The van der Waals surface area contributed by atoms with E-state index in [2.05, 4.69) is 20.8 Å². The third kappa shape index (κ3) is 4.73. The van der Waals surface area contributed by atoms with Gasteiger partial charge in [0.2, 0.25) is 5.78 Å². The quantitative estimate of drug-likeness (QED) is 0.663. The molecule has 1 aliphatic heterocycles. The molecule has 1 aliphatic rings. The van der Waals surface area contributed by atoms with Crippen molar-refractivity contribution in [2.75, 3.05) is 13.7 Å². The van der Waals surface area contributed by atoms with Gasteiger partial charge < -0.3 is 19.3 Å². The van der Waals surface area contributed by atoms with Crippen LogP contribution in [-0.4, -0.2) is 30.2 Å². The van der Waals surface area contributed by atoms with E-state index in [0.29, 0.717) is 22.6 Å². The van der Waals surface area contributed by atoms with Crippen molar-refractivity contribution in [2.45, 2.75) is 58.7 Å². The maximum atomic E-state index is 12.8. The molecule has 0 amide bonds. The summed E-state index contributed by atoms with van der Waals surface area (Å²) in [5.41, 5.74) is 2.97. The minimum Gasteiger partial charge on any atom is -0.496 e. The second-order valence-corrected chi connectivity index (χ2v) is 8.05. The Morgan fingerprint density at radius 2 is 2.03 bits per heavy atom. The Morgan fingerprint density at radius 1 is 1.24 bits per heavy atom. The molecule has 2 aromatic carbocycles. The fraction of sp³-hybridized carbons (Fsp3) is 0.458. The Hall–Kier alpha value is -2.53. The van der Waals surface area contributed by atoms with Crippen LogP contribution in [0.4, 0.5) is 0 Å². The Bertz CT molecular complexity index is 885. The first-order chi connectivity index (χ1) is 13.9. The summed E-state index contributed by atoms with van der Waals surface area (Å²) in [6.45, 7) is 5.93. The number of methoxy groups -OCH3 is 1. The van der Waals surface area contributed by atoms with Crippen LogP contribution in [0.1, 0.15) is 60.7 Å². The fourth-order valence-electron chi connectivity index (χ4n) is 3.70. The van der Waals surface area contributed by atoms with E-state index in [-0.39, 0.29) is 24.6 Å². The highest BCUT2D eigenvalue weighted by atomic mass is 16.5. The Balaban J connectivity index is 1.82. The molecule has 1 heterocycles. The second-order valence-electron chi connectivity index (χ2n) is 8.05. The van der Waals surface area contributed by atoms with Crippen LogP contribution in [0.5, 0.6) is 17.2 Å². The Kier molecular flexibility index (Phi) is 6.48. The molecule has 0 saturated carbocycles. The number of rotatable bonds is 8. The SMILES string of the molecule is CCCc1ccc(C(=O)COc2c(CO)ccc3c2CCC(C)(C)O3)c(OC)c1. The largest absolute Gasteiger partial charge is 0.496 e. The van der Waals surface area contributed by atoms with Crippen LogP contribution in [0.2, 0.25) is 0 Å². The van der Waals surface area contributed by atoms with Gasteiger partial charge in [0.15, 0.2) is 6.61 Å². The van der Waals surface area contributed by atoms with Gasteiger partial charge >= 0.3 is 0 Å². The van der Waals surface area contributed by atoms with Gasteiger partial charge in [-0.1, -0.05) is 19.4 Å². The van der Waals surface area contributed by atoms with Gasteiger partial charge in [-0.2, -0.15) is 0 Å². The van der Waals surface area contributed by atoms with Gasteiger partial charge in [0.05, 0.1) is 19.3 Å². The molecule has 5 heteroatoms. The standard InChI is InChI=1S/C24H30O5/c1-5-6-16-7-9-18(22(13-16)27-4)20(26)15-28-23-17(14-25)8-10-21-19(23)11-12-24(2,3)29-21/h7-10,13,25H,5-6,11-12,14-15H2,1-4H3. The van der Waals surface area contributed by atoms with Crippen LogP contribution >= 0.6 is 0 Å². The van der Waals surface area contributed by atoms with Crippen LogP contribution in [0.3, 0.4) is 0 Å². The minimum absolute atomic E-state index is 0.129. The van der Waals surface area contributed by atoms with E-state index in [4.69, 9.17) is 14.2 Å². The number of hydrogen-bond acceptors (Lipinski definition) is 5. The topological polar surface area (TPSA) is 65.0 Å². The summed E-state index contributed by atoms with van der Waals surface area (Å²) in [6, 6.07) is 9.33. The molecule has 0 spiro atoms. The monoisotopic (exact) mass is 398 g/mol. The lowest BCUT2D eigenvalue weighted by Crippen LogP contribution is -2.33. The summed E-state index contributed by atoms with van der Waals surface area (Å²) < 4.78 is 17.4. The first-order valence-electron chi connectivity index (χ1n) is 10.2. The third-order valence-electron chi connectivity index (χ3n) is 5.29. The van der Waals surface area contributed by atoms with Crippen LogP contribution < -0.4 is 14.2 Å². The van der Waals surface area contributed by atoms with E-state index in [1.807, 2.05) is 18.2 Å². The Morgan fingerprint density at radius 3 is 2.72 bits per heavy atom. The summed E-state index contributed by atoms with van der Waals surface area (Å²) in [5, 5.41) is 9.74. The van der Waals surface area contributed by atoms with Crippen LogP contribution in [0.15, 0.2) is 30.3 Å². The van der Waals surface area contributed by atoms with Crippen molar-refractivity contribution in [3.8, 4) is 17.2 Å². The van der Waals surface area contributed by atoms with Crippen LogP contribution in [0, 0.1) is 0 Å². The molecular weight excluding hydrogens is 368 g/mol. The molecule has 3 rings (SSSR count). The van der Waals surface area contributed by atoms with Gasteiger partial charge in [0.25, 0.3) is 0 Å². The van der Waals surface area contributed by atoms with Gasteiger partial charge in [0, 0.05) is 11.1 Å². The molecule has 2 aromatic rings. The zero-order valence-corrected chi connectivity index (χ0v) is 17.7. The highest BCUT2D eigenvalue weighted by molar-refractivity contribution is 5.99. The predicted octanol–water partition coefficient (Wildman–Crippen LogP) is 4.51. The smallest absolute Gasteiger partial charge is 0.203 e. The van der Waals surface area contributed by atoms with E-state index in [0.717, 1.165) is 42.6 Å². The van der Waals surface area contributed by atoms with Crippen molar-refractivity contribution in [2.24, 2.45) is 0 Å². The molecule has 156 valence electrons. The van der Waals surface area contributed by atoms with Crippen LogP contribution in [0.25, 0.3) is 0 Å². The van der Waals surface area contributed by atoms with E-state index >= 15 is 0 Å². The lowest BCUT2D eigenvalue weighted by Gasteiger charge is -2.33. The Labute approximate surface area is 172 Å². The van der Waals surface area contributed by atoms with Gasteiger partial charge in [0.1, 0.15) is 22.8 Å². The first-order valence-corrected chi connectivity index (χ1v) is 10.2. The van der Waals surface area contributed by atoms with E-state index in [9.17, 15) is 9.90 Å². The maximum Gasteiger partial charge on any atom is 0.203 e. The van der Waals surface area contributed by atoms with Crippen molar-refractivity contribution in [3.05, 3.63) is 52.6 Å². The molecule has 0 bridgehead atoms. The lowest BCUT2D eigenvalue weighted by molar-refractivity contribution is 0.0813. The maximum absolute atomic E-state index is 12.8. The molecule has 0 atom stereocenters. The number of fused-ring (bicyclic) bond motifs is 1. The molecule has 0 unspecified atom stereocenters. The zero-order valence-electron chi connectivity index (χ0n) is 17.7. The molecule has 0 aromatic heterocycles. The van der Waals surface area contributed by atoms with Crippen LogP contribution in [-0.2, 0) is 19.4 Å². The molecule has 29 heavy (non-hydrogen) atoms. The minimum atomic E-state index is -0.242. The molecular formula is C24H30O5. The van der Waals surface area contributed by atoms with E-state index in [1.54, 1.807) is 19.2 Å². The highest BCUT2D eigenvalue weighted by Crippen LogP contribution is 2.40. The number of aliphatic hydroxyl groups is 1. The zero-order chi connectivity index (χ0) is 21.0. The lowest BCUT2D eigenvalue weighted by atomic mass is 9.92. The number of aryl methyl sites for hydroxylation is 1.